The van der Waals surface area contributed by atoms with Gasteiger partial charge in [-0.2, -0.15) is 13.2 Å². The highest BCUT2D eigenvalue weighted by atomic mass is 35.5. The molecule has 0 bridgehead atoms. The summed E-state index contributed by atoms with van der Waals surface area (Å²) in [6.45, 7) is 3.24. The maximum Gasteiger partial charge on any atom is 0.419 e. The van der Waals surface area contributed by atoms with E-state index in [2.05, 4.69) is 4.98 Å². The fourth-order valence-corrected chi connectivity index (χ4v) is 1.34. The number of pyridine rings is 1. The lowest BCUT2D eigenvalue weighted by Crippen LogP contribution is -2.10. The van der Waals surface area contributed by atoms with Crippen LogP contribution < -0.4 is 0 Å². The van der Waals surface area contributed by atoms with E-state index >= 15 is 0 Å². The van der Waals surface area contributed by atoms with Gasteiger partial charge >= 0.3 is 6.18 Å². The van der Waals surface area contributed by atoms with Gasteiger partial charge < -0.3 is 0 Å². The predicted octanol–water partition coefficient (Wildman–Crippen LogP) is 4.02. The van der Waals surface area contributed by atoms with E-state index in [1.54, 1.807) is 13.8 Å². The van der Waals surface area contributed by atoms with E-state index in [0.29, 0.717) is 6.07 Å². The molecule has 0 N–H and O–H groups in total. The van der Waals surface area contributed by atoms with Crippen LogP contribution in [0.1, 0.15) is 31.0 Å². The van der Waals surface area contributed by atoms with Gasteiger partial charge in [-0.15, -0.1) is 0 Å². The lowest BCUT2D eigenvalue weighted by molar-refractivity contribution is -0.137. The first kappa shape index (κ1) is 12.2. The monoisotopic (exact) mass is 241 g/mol. The van der Waals surface area contributed by atoms with E-state index in [1.165, 1.54) is 0 Å². The van der Waals surface area contributed by atoms with Crippen molar-refractivity contribution in [1.82, 2.24) is 4.98 Å². The van der Waals surface area contributed by atoms with E-state index in [1.807, 2.05) is 0 Å². The van der Waals surface area contributed by atoms with E-state index < -0.39 is 22.7 Å². The zero-order chi connectivity index (χ0) is 11.8. The summed E-state index contributed by atoms with van der Waals surface area (Å²) in [5.74, 6) is -1.30. The van der Waals surface area contributed by atoms with Crippen LogP contribution >= 0.6 is 11.6 Å². The summed E-state index contributed by atoms with van der Waals surface area (Å²) >= 11 is 5.33. The number of alkyl halides is 3. The van der Waals surface area contributed by atoms with E-state index in [9.17, 15) is 17.6 Å². The van der Waals surface area contributed by atoms with Crippen molar-refractivity contribution >= 4 is 11.6 Å². The minimum absolute atomic E-state index is 0.0620. The number of rotatable bonds is 1. The number of halogens is 5. The van der Waals surface area contributed by atoms with Crippen molar-refractivity contribution in [2.24, 2.45) is 0 Å². The molecule has 1 rings (SSSR count). The summed E-state index contributed by atoms with van der Waals surface area (Å²) < 4.78 is 50.0. The Balaban J connectivity index is 3.32. The topological polar surface area (TPSA) is 12.9 Å². The molecule has 1 aromatic heterocycles. The summed E-state index contributed by atoms with van der Waals surface area (Å²) in [7, 11) is 0. The number of aromatic nitrogens is 1. The van der Waals surface area contributed by atoms with E-state index in [4.69, 9.17) is 11.6 Å². The molecule has 0 aliphatic carbocycles. The van der Waals surface area contributed by atoms with Crippen molar-refractivity contribution in [3.63, 3.8) is 0 Å². The average Bonchev–Trinajstić information content (AvgIpc) is 2.06. The molecule has 1 heterocycles. The van der Waals surface area contributed by atoms with Crippen LogP contribution in [0.2, 0.25) is 5.15 Å². The second-order valence-electron chi connectivity index (χ2n) is 3.35. The molecule has 0 radical (unpaired) electrons. The standard InChI is InChI=1S/C9H8ClF4N/c1-4(2)7-6(11)3-5(8(10)15-7)9(12,13)14/h3-4H,1-2H3. The van der Waals surface area contributed by atoms with Gasteiger partial charge in [0, 0.05) is 0 Å². The Morgan fingerprint density at radius 3 is 2.27 bits per heavy atom. The van der Waals surface area contributed by atoms with Crippen LogP contribution in [-0.4, -0.2) is 4.98 Å². The average molecular weight is 242 g/mol. The van der Waals surface area contributed by atoms with Gasteiger partial charge in [-0.05, 0) is 12.0 Å². The molecule has 1 aromatic rings. The summed E-state index contributed by atoms with van der Waals surface area (Å²) in [5.41, 5.74) is -1.31. The summed E-state index contributed by atoms with van der Waals surface area (Å²) in [4.78, 5) is 3.41. The van der Waals surface area contributed by atoms with E-state index in [-0.39, 0.29) is 11.6 Å². The minimum atomic E-state index is -4.68. The van der Waals surface area contributed by atoms with Crippen LogP contribution in [0.4, 0.5) is 17.6 Å². The zero-order valence-corrected chi connectivity index (χ0v) is 8.75. The lowest BCUT2D eigenvalue weighted by Gasteiger charge is -2.12. The summed E-state index contributed by atoms with van der Waals surface area (Å²) in [6, 6.07) is 0.380. The molecule has 0 fully saturated rings. The van der Waals surface area contributed by atoms with Gasteiger partial charge in [-0.3, -0.25) is 0 Å². The lowest BCUT2D eigenvalue weighted by atomic mass is 10.1. The molecule has 1 nitrogen and oxygen atoms in total. The summed E-state index contributed by atoms with van der Waals surface area (Å²) in [5, 5.41) is -0.715. The Kier molecular flexibility index (Phi) is 3.23. The fraction of sp³-hybridized carbons (Fsp3) is 0.444. The van der Waals surface area contributed by atoms with Gasteiger partial charge in [0.25, 0.3) is 0 Å². The van der Waals surface area contributed by atoms with Crippen LogP contribution in [0, 0.1) is 5.82 Å². The Morgan fingerprint density at radius 2 is 1.87 bits per heavy atom. The zero-order valence-electron chi connectivity index (χ0n) is 7.99. The minimum Gasteiger partial charge on any atom is -0.237 e. The molecule has 0 spiro atoms. The normalized spacial score (nSPS) is 12.3. The van der Waals surface area contributed by atoms with Gasteiger partial charge in [0.1, 0.15) is 11.0 Å². The predicted molar refractivity (Wildman–Crippen MR) is 48.3 cm³/mol. The van der Waals surface area contributed by atoms with Crippen molar-refractivity contribution in [2.45, 2.75) is 25.9 Å². The van der Waals surface area contributed by atoms with E-state index in [0.717, 1.165) is 0 Å². The molecule has 0 unspecified atom stereocenters. The van der Waals surface area contributed by atoms with Crippen LogP contribution in [0.3, 0.4) is 0 Å². The largest absolute Gasteiger partial charge is 0.419 e. The molecule has 84 valence electrons. The maximum absolute atomic E-state index is 13.2. The molecule has 15 heavy (non-hydrogen) atoms. The van der Waals surface area contributed by atoms with Crippen molar-refractivity contribution in [3.05, 3.63) is 28.3 Å². The van der Waals surface area contributed by atoms with Gasteiger partial charge in [0.2, 0.25) is 0 Å². The fourth-order valence-electron chi connectivity index (χ4n) is 1.08. The van der Waals surface area contributed by atoms with Crippen LogP contribution in [0.15, 0.2) is 6.07 Å². The summed E-state index contributed by atoms with van der Waals surface area (Å²) in [6.07, 6.45) is -4.68. The molecule has 0 amide bonds. The molecule has 0 saturated carbocycles. The first-order valence-electron chi connectivity index (χ1n) is 4.16. The first-order valence-corrected chi connectivity index (χ1v) is 4.54. The molecule has 0 aromatic carbocycles. The molecule has 0 saturated heterocycles. The third-order valence-electron chi connectivity index (χ3n) is 1.81. The SMILES string of the molecule is CC(C)c1nc(Cl)c(C(F)(F)F)cc1F. The number of hydrogen-bond donors (Lipinski definition) is 0. The number of hydrogen-bond acceptors (Lipinski definition) is 1. The second-order valence-corrected chi connectivity index (χ2v) is 3.70. The Morgan fingerprint density at radius 1 is 1.33 bits per heavy atom. The van der Waals surface area contributed by atoms with Crippen LogP contribution in [-0.2, 0) is 6.18 Å². The van der Waals surface area contributed by atoms with Gasteiger partial charge in [0.05, 0.1) is 11.3 Å². The molecule has 0 aliphatic rings. The Bertz CT molecular complexity index is 373. The third kappa shape index (κ3) is 2.59. The highest BCUT2D eigenvalue weighted by Gasteiger charge is 2.35. The van der Waals surface area contributed by atoms with Crippen LogP contribution in [0.5, 0.6) is 0 Å². The van der Waals surface area contributed by atoms with Crippen molar-refractivity contribution in [1.29, 1.82) is 0 Å². The van der Waals surface area contributed by atoms with Crippen molar-refractivity contribution < 1.29 is 17.6 Å². The van der Waals surface area contributed by atoms with Crippen molar-refractivity contribution in [2.75, 3.05) is 0 Å². The Labute approximate surface area is 89.1 Å². The maximum atomic E-state index is 13.2. The molecular weight excluding hydrogens is 234 g/mol. The van der Waals surface area contributed by atoms with Gasteiger partial charge in [-0.1, -0.05) is 25.4 Å². The first-order chi connectivity index (χ1) is 6.73. The molecule has 0 aliphatic heterocycles. The smallest absolute Gasteiger partial charge is 0.237 e. The second kappa shape index (κ2) is 3.96. The van der Waals surface area contributed by atoms with Crippen LogP contribution in [0.25, 0.3) is 0 Å². The third-order valence-corrected chi connectivity index (χ3v) is 2.10. The van der Waals surface area contributed by atoms with Crippen molar-refractivity contribution in [3.8, 4) is 0 Å². The quantitative estimate of drug-likeness (QED) is 0.535. The highest BCUT2D eigenvalue weighted by Crippen LogP contribution is 2.35. The molecule has 6 heteroatoms. The highest BCUT2D eigenvalue weighted by molar-refractivity contribution is 6.30. The van der Waals surface area contributed by atoms with Gasteiger partial charge in [-0.25, -0.2) is 9.37 Å². The molecular formula is C9H8ClF4N. The molecule has 0 atom stereocenters. The number of nitrogens with zero attached hydrogens (tertiary/aromatic N) is 1. The van der Waals surface area contributed by atoms with Gasteiger partial charge in [0.15, 0.2) is 0 Å². The Hall–Kier alpha value is -0.840.